The average Bonchev–Trinajstić information content (AvgIpc) is 3.29. The second-order valence-corrected chi connectivity index (χ2v) is 8.93. The van der Waals surface area contributed by atoms with Gasteiger partial charge in [-0.2, -0.15) is 0 Å². The fraction of sp³-hybridized carbons (Fsp3) is 0.308. The Morgan fingerprint density at radius 2 is 1.73 bits per heavy atom. The summed E-state index contributed by atoms with van der Waals surface area (Å²) < 4.78 is 0. The van der Waals surface area contributed by atoms with Crippen LogP contribution < -0.4 is 0 Å². The smallest absolute Gasteiger partial charge is 0.109 e. The van der Waals surface area contributed by atoms with Gasteiger partial charge in [0.2, 0.25) is 0 Å². The number of H-pyrrole nitrogens is 1. The Morgan fingerprint density at radius 1 is 0.967 bits per heavy atom. The SMILES string of the molecule is C[C@@H](c1nc(-c2ccc(Cl)cc2)c[nH]1)[C@H]1CC[C@@H](c2ccnc3ccccc32)CC1. The molecular formula is C26H26ClN3. The Kier molecular flexibility index (Phi) is 5.30. The van der Waals surface area contributed by atoms with Crippen molar-refractivity contribution in [1.82, 2.24) is 15.0 Å². The number of imidazole rings is 1. The summed E-state index contributed by atoms with van der Waals surface area (Å²) in [5, 5.41) is 2.07. The fourth-order valence-electron chi connectivity index (χ4n) is 4.97. The molecule has 1 atom stereocenters. The number of hydrogen-bond donors (Lipinski definition) is 1. The number of aromatic nitrogens is 3. The van der Waals surface area contributed by atoms with Crippen molar-refractivity contribution < 1.29 is 0 Å². The molecule has 0 radical (unpaired) electrons. The minimum atomic E-state index is 0.432. The lowest BCUT2D eigenvalue weighted by Crippen LogP contribution is -2.19. The van der Waals surface area contributed by atoms with Crippen LogP contribution in [0.4, 0.5) is 0 Å². The molecule has 0 spiro atoms. The standard InChI is InChI=1S/C26H26ClN3/c1-17(26-29-16-25(30-26)20-10-12-21(27)13-11-20)18-6-8-19(9-7-18)22-14-15-28-24-5-3-2-4-23(22)24/h2-5,10-19H,6-9H2,1H3,(H,29,30)/t17-,18-,19+/m1/s1. The maximum atomic E-state index is 6.01. The van der Waals surface area contributed by atoms with E-state index < -0.39 is 0 Å². The molecule has 0 bridgehead atoms. The van der Waals surface area contributed by atoms with Gasteiger partial charge in [0.1, 0.15) is 5.82 Å². The number of fused-ring (bicyclic) bond motifs is 1. The highest BCUT2D eigenvalue weighted by molar-refractivity contribution is 6.30. The van der Waals surface area contributed by atoms with E-state index in [1.54, 1.807) is 0 Å². The molecule has 3 nitrogen and oxygen atoms in total. The van der Waals surface area contributed by atoms with Crippen LogP contribution in [0.3, 0.4) is 0 Å². The summed E-state index contributed by atoms with van der Waals surface area (Å²) in [6.45, 7) is 2.32. The van der Waals surface area contributed by atoms with Crippen LogP contribution in [0, 0.1) is 5.92 Å². The molecule has 1 aliphatic carbocycles. The largest absolute Gasteiger partial charge is 0.348 e. The van der Waals surface area contributed by atoms with Gasteiger partial charge in [-0.1, -0.05) is 48.9 Å². The van der Waals surface area contributed by atoms with Crippen LogP contribution in [0.15, 0.2) is 67.0 Å². The fourth-order valence-corrected chi connectivity index (χ4v) is 5.09. The predicted octanol–water partition coefficient (Wildman–Crippen LogP) is 7.36. The first-order chi connectivity index (χ1) is 14.7. The van der Waals surface area contributed by atoms with Crippen molar-refractivity contribution in [3.63, 3.8) is 0 Å². The molecule has 0 saturated heterocycles. The molecule has 152 valence electrons. The molecule has 1 N–H and O–H groups in total. The Morgan fingerprint density at radius 3 is 2.53 bits per heavy atom. The quantitative estimate of drug-likeness (QED) is 0.378. The number of benzene rings is 2. The summed E-state index contributed by atoms with van der Waals surface area (Å²) in [6.07, 6.45) is 8.91. The number of para-hydroxylation sites is 1. The maximum Gasteiger partial charge on any atom is 0.109 e. The molecule has 4 aromatic rings. The van der Waals surface area contributed by atoms with Crippen LogP contribution in [0.2, 0.25) is 5.02 Å². The highest BCUT2D eigenvalue weighted by Gasteiger charge is 2.29. The molecule has 2 heterocycles. The van der Waals surface area contributed by atoms with Gasteiger partial charge in [0.05, 0.1) is 11.2 Å². The van der Waals surface area contributed by atoms with Crippen molar-refractivity contribution in [2.75, 3.05) is 0 Å². The lowest BCUT2D eigenvalue weighted by atomic mass is 9.73. The van der Waals surface area contributed by atoms with Gasteiger partial charge in [-0.25, -0.2) is 4.98 Å². The summed E-state index contributed by atoms with van der Waals surface area (Å²) in [6, 6.07) is 18.6. The maximum absolute atomic E-state index is 6.01. The molecule has 30 heavy (non-hydrogen) atoms. The number of nitrogens with zero attached hydrogens (tertiary/aromatic N) is 2. The molecule has 1 aliphatic rings. The minimum absolute atomic E-state index is 0.432. The van der Waals surface area contributed by atoms with Crippen LogP contribution in [0.5, 0.6) is 0 Å². The van der Waals surface area contributed by atoms with E-state index >= 15 is 0 Å². The van der Waals surface area contributed by atoms with Gasteiger partial charge in [0.25, 0.3) is 0 Å². The zero-order valence-electron chi connectivity index (χ0n) is 17.2. The average molecular weight is 416 g/mol. The van der Waals surface area contributed by atoms with Gasteiger partial charge < -0.3 is 4.98 Å². The Balaban J connectivity index is 1.28. The second-order valence-electron chi connectivity index (χ2n) is 8.50. The lowest BCUT2D eigenvalue weighted by Gasteiger charge is -2.32. The van der Waals surface area contributed by atoms with E-state index in [0.29, 0.717) is 17.8 Å². The molecule has 5 rings (SSSR count). The van der Waals surface area contributed by atoms with Crippen LogP contribution in [0.1, 0.15) is 55.8 Å². The Labute approximate surface area is 182 Å². The third-order valence-electron chi connectivity index (χ3n) is 6.77. The first-order valence-electron chi connectivity index (χ1n) is 10.8. The summed E-state index contributed by atoms with van der Waals surface area (Å²) in [4.78, 5) is 12.9. The Bertz CT molecular complexity index is 1140. The molecule has 1 fully saturated rings. The predicted molar refractivity (Wildman–Crippen MR) is 124 cm³/mol. The topological polar surface area (TPSA) is 41.6 Å². The van der Waals surface area contributed by atoms with Crippen molar-refractivity contribution in [2.45, 2.75) is 44.4 Å². The van der Waals surface area contributed by atoms with Crippen molar-refractivity contribution in [3.8, 4) is 11.3 Å². The van der Waals surface area contributed by atoms with Crippen LogP contribution in [-0.2, 0) is 0 Å². The van der Waals surface area contributed by atoms with Gasteiger partial charge in [-0.15, -0.1) is 0 Å². The van der Waals surface area contributed by atoms with E-state index in [1.165, 1.54) is 36.6 Å². The van der Waals surface area contributed by atoms with Crippen molar-refractivity contribution >= 4 is 22.5 Å². The molecule has 2 aromatic heterocycles. The number of halogens is 1. The number of pyridine rings is 1. The second kappa shape index (κ2) is 8.23. The Hall–Kier alpha value is -2.65. The molecule has 0 unspecified atom stereocenters. The monoisotopic (exact) mass is 415 g/mol. The minimum Gasteiger partial charge on any atom is -0.348 e. The molecule has 1 saturated carbocycles. The molecule has 0 aliphatic heterocycles. The summed E-state index contributed by atoms with van der Waals surface area (Å²) >= 11 is 6.01. The van der Waals surface area contributed by atoms with E-state index in [-0.39, 0.29) is 0 Å². The number of rotatable bonds is 4. The first-order valence-corrected chi connectivity index (χ1v) is 11.2. The van der Waals surface area contributed by atoms with Crippen LogP contribution in [-0.4, -0.2) is 15.0 Å². The highest BCUT2D eigenvalue weighted by Crippen LogP contribution is 2.42. The summed E-state index contributed by atoms with van der Waals surface area (Å²) in [7, 11) is 0. The van der Waals surface area contributed by atoms with Gasteiger partial charge in [-0.05, 0) is 67.3 Å². The molecule has 2 aromatic carbocycles. The normalized spacial score (nSPS) is 20.3. The summed E-state index contributed by atoms with van der Waals surface area (Å²) in [5.74, 6) is 2.82. The molecular weight excluding hydrogens is 390 g/mol. The number of hydrogen-bond acceptors (Lipinski definition) is 2. The first kappa shape index (κ1) is 19.3. The van der Waals surface area contributed by atoms with Crippen LogP contribution >= 0.6 is 11.6 Å². The zero-order valence-corrected chi connectivity index (χ0v) is 17.9. The van der Waals surface area contributed by atoms with Crippen molar-refractivity contribution in [3.05, 3.63) is 83.4 Å². The summed E-state index contributed by atoms with van der Waals surface area (Å²) in [5.41, 5.74) is 4.67. The zero-order chi connectivity index (χ0) is 20.5. The van der Waals surface area contributed by atoms with Crippen LogP contribution in [0.25, 0.3) is 22.2 Å². The third kappa shape index (κ3) is 3.75. The van der Waals surface area contributed by atoms with E-state index in [4.69, 9.17) is 16.6 Å². The van der Waals surface area contributed by atoms with E-state index in [2.05, 4.69) is 47.2 Å². The van der Waals surface area contributed by atoms with Gasteiger partial charge >= 0.3 is 0 Å². The highest BCUT2D eigenvalue weighted by atomic mass is 35.5. The van der Waals surface area contributed by atoms with Gasteiger partial charge in [0, 0.05) is 34.3 Å². The molecule has 0 amide bonds. The van der Waals surface area contributed by atoms with E-state index in [0.717, 1.165) is 27.6 Å². The van der Waals surface area contributed by atoms with E-state index in [9.17, 15) is 0 Å². The van der Waals surface area contributed by atoms with E-state index in [1.807, 2.05) is 36.7 Å². The van der Waals surface area contributed by atoms with Gasteiger partial charge in [-0.3, -0.25) is 4.98 Å². The van der Waals surface area contributed by atoms with Crippen molar-refractivity contribution in [1.29, 1.82) is 0 Å². The third-order valence-corrected chi connectivity index (χ3v) is 7.02. The lowest BCUT2D eigenvalue weighted by molar-refractivity contribution is 0.286. The van der Waals surface area contributed by atoms with Gasteiger partial charge in [0.15, 0.2) is 0 Å². The number of aromatic amines is 1. The van der Waals surface area contributed by atoms with Crippen molar-refractivity contribution in [2.24, 2.45) is 5.92 Å². The molecule has 4 heteroatoms. The number of nitrogens with one attached hydrogen (secondary N) is 1.